The molecule has 2 rings (SSSR count). The molecule has 15 heavy (non-hydrogen) atoms. The van der Waals surface area contributed by atoms with Crippen molar-refractivity contribution in [3.05, 3.63) is 29.3 Å². The first-order valence-electron chi connectivity index (χ1n) is 4.79. The van der Waals surface area contributed by atoms with E-state index in [4.69, 9.17) is 5.73 Å². The largest absolute Gasteiger partial charge is 0.508 e. The zero-order valence-electron chi connectivity index (χ0n) is 8.43. The number of benzene rings is 1. The first-order valence-corrected chi connectivity index (χ1v) is 4.79. The van der Waals surface area contributed by atoms with Crippen LogP contribution in [0.5, 0.6) is 5.75 Å². The first kappa shape index (κ1) is 9.98. The normalized spacial score (nSPS) is 23.6. The summed E-state index contributed by atoms with van der Waals surface area (Å²) in [5.74, 6) is -0.801. The number of rotatable bonds is 1. The van der Waals surface area contributed by atoms with Crippen LogP contribution in [-0.2, 0) is 16.0 Å². The minimum atomic E-state index is -0.536. The second-order valence-electron chi connectivity index (χ2n) is 3.72. The average Bonchev–Trinajstić information content (AvgIpc) is 2.55. The Bertz CT molecular complexity index is 403. The van der Waals surface area contributed by atoms with Crippen LogP contribution in [-0.4, -0.2) is 24.2 Å². The molecule has 0 aromatic heterocycles. The lowest BCUT2D eigenvalue weighted by Gasteiger charge is -2.14. The molecule has 0 saturated carbocycles. The number of esters is 1. The molecule has 0 aliphatic heterocycles. The zero-order valence-corrected chi connectivity index (χ0v) is 8.43. The van der Waals surface area contributed by atoms with Gasteiger partial charge in [0.25, 0.3) is 0 Å². The summed E-state index contributed by atoms with van der Waals surface area (Å²) in [4.78, 5) is 11.5. The highest BCUT2D eigenvalue weighted by Gasteiger charge is 2.38. The highest BCUT2D eigenvalue weighted by molar-refractivity contribution is 5.82. The van der Waals surface area contributed by atoms with Gasteiger partial charge < -0.3 is 15.6 Å². The maximum atomic E-state index is 11.5. The minimum absolute atomic E-state index is 0.121. The third-order valence-corrected chi connectivity index (χ3v) is 2.82. The van der Waals surface area contributed by atoms with Gasteiger partial charge in [-0.15, -0.1) is 0 Å². The summed E-state index contributed by atoms with van der Waals surface area (Å²) in [5.41, 5.74) is 7.41. The van der Waals surface area contributed by atoms with Crippen LogP contribution in [0, 0.1) is 0 Å². The number of ether oxygens (including phenoxy) is 1. The van der Waals surface area contributed by atoms with E-state index in [0.29, 0.717) is 12.0 Å². The Morgan fingerprint density at radius 1 is 1.60 bits per heavy atom. The Kier molecular flexibility index (Phi) is 2.36. The summed E-state index contributed by atoms with van der Waals surface area (Å²) in [6.07, 6.45) is 0.601. The van der Waals surface area contributed by atoms with E-state index in [2.05, 4.69) is 4.74 Å². The molecule has 1 aliphatic rings. The highest BCUT2D eigenvalue weighted by atomic mass is 16.5. The lowest BCUT2D eigenvalue weighted by atomic mass is 9.98. The van der Waals surface area contributed by atoms with Crippen LogP contribution in [0.1, 0.15) is 17.0 Å². The molecule has 4 heteroatoms. The SMILES string of the molecule is COC(=O)C1c2c(O)cccc2CC1N. The monoisotopic (exact) mass is 207 g/mol. The number of aromatic hydroxyl groups is 1. The fourth-order valence-corrected chi connectivity index (χ4v) is 2.14. The van der Waals surface area contributed by atoms with Crippen molar-refractivity contribution in [1.82, 2.24) is 0 Å². The molecule has 0 radical (unpaired) electrons. The highest BCUT2D eigenvalue weighted by Crippen LogP contribution is 2.38. The molecule has 1 aliphatic carbocycles. The molecule has 1 aromatic rings. The van der Waals surface area contributed by atoms with Crippen molar-refractivity contribution < 1.29 is 14.6 Å². The molecular weight excluding hydrogens is 194 g/mol. The van der Waals surface area contributed by atoms with E-state index in [0.717, 1.165) is 5.56 Å². The maximum Gasteiger partial charge on any atom is 0.314 e. The number of methoxy groups -OCH3 is 1. The summed E-state index contributed by atoms with van der Waals surface area (Å²) in [7, 11) is 1.33. The number of phenols is 1. The fraction of sp³-hybridized carbons (Fsp3) is 0.364. The van der Waals surface area contributed by atoms with Crippen molar-refractivity contribution in [3.63, 3.8) is 0 Å². The second-order valence-corrected chi connectivity index (χ2v) is 3.72. The Balaban J connectivity index is 2.48. The Hall–Kier alpha value is -1.55. The number of carbonyl (C=O) groups is 1. The van der Waals surface area contributed by atoms with Crippen LogP contribution < -0.4 is 5.73 Å². The van der Waals surface area contributed by atoms with E-state index < -0.39 is 5.92 Å². The van der Waals surface area contributed by atoms with E-state index in [1.807, 2.05) is 6.07 Å². The lowest BCUT2D eigenvalue weighted by molar-refractivity contribution is -0.142. The molecule has 0 saturated heterocycles. The first-order chi connectivity index (χ1) is 7.15. The smallest absolute Gasteiger partial charge is 0.314 e. The molecule has 0 spiro atoms. The van der Waals surface area contributed by atoms with Gasteiger partial charge in [-0.1, -0.05) is 12.1 Å². The number of carbonyl (C=O) groups excluding carboxylic acids is 1. The summed E-state index contributed by atoms with van der Waals surface area (Å²) >= 11 is 0. The fourth-order valence-electron chi connectivity index (χ4n) is 2.14. The summed E-state index contributed by atoms with van der Waals surface area (Å²) in [6.45, 7) is 0. The summed E-state index contributed by atoms with van der Waals surface area (Å²) in [5, 5.41) is 9.70. The number of fused-ring (bicyclic) bond motifs is 1. The number of phenolic OH excluding ortho intramolecular Hbond substituents is 1. The third-order valence-electron chi connectivity index (χ3n) is 2.82. The van der Waals surface area contributed by atoms with Gasteiger partial charge in [-0.05, 0) is 18.1 Å². The maximum absolute atomic E-state index is 11.5. The van der Waals surface area contributed by atoms with Crippen molar-refractivity contribution >= 4 is 5.97 Å². The molecular formula is C11H13NO3. The third kappa shape index (κ3) is 1.47. The van der Waals surface area contributed by atoms with Gasteiger partial charge in [0, 0.05) is 11.6 Å². The number of hydrogen-bond donors (Lipinski definition) is 2. The van der Waals surface area contributed by atoms with Gasteiger partial charge in [-0.25, -0.2) is 0 Å². The number of nitrogens with two attached hydrogens (primary N) is 1. The van der Waals surface area contributed by atoms with E-state index in [-0.39, 0.29) is 17.8 Å². The van der Waals surface area contributed by atoms with Crippen LogP contribution >= 0.6 is 0 Å². The molecule has 2 unspecified atom stereocenters. The van der Waals surface area contributed by atoms with Gasteiger partial charge in [-0.3, -0.25) is 4.79 Å². The second kappa shape index (κ2) is 3.55. The van der Waals surface area contributed by atoms with Crippen LogP contribution in [0.4, 0.5) is 0 Å². The topological polar surface area (TPSA) is 72.5 Å². The quantitative estimate of drug-likeness (QED) is 0.659. The lowest BCUT2D eigenvalue weighted by Crippen LogP contribution is -2.31. The molecule has 3 N–H and O–H groups in total. The molecule has 1 aromatic carbocycles. The Labute approximate surface area is 87.7 Å². The minimum Gasteiger partial charge on any atom is -0.508 e. The van der Waals surface area contributed by atoms with Gasteiger partial charge in [0.05, 0.1) is 7.11 Å². The van der Waals surface area contributed by atoms with Gasteiger partial charge in [0.1, 0.15) is 11.7 Å². The van der Waals surface area contributed by atoms with Crippen LogP contribution in [0.2, 0.25) is 0 Å². The van der Waals surface area contributed by atoms with E-state index >= 15 is 0 Å². The van der Waals surface area contributed by atoms with Crippen molar-refractivity contribution in [3.8, 4) is 5.75 Å². The molecule has 0 heterocycles. The molecule has 4 nitrogen and oxygen atoms in total. The molecule has 0 bridgehead atoms. The van der Waals surface area contributed by atoms with Crippen molar-refractivity contribution in [2.24, 2.45) is 5.73 Å². The van der Waals surface area contributed by atoms with Crippen molar-refractivity contribution in [2.75, 3.05) is 7.11 Å². The predicted molar refractivity (Wildman–Crippen MR) is 54.5 cm³/mol. The molecule has 0 fully saturated rings. The van der Waals surface area contributed by atoms with Gasteiger partial charge >= 0.3 is 5.97 Å². The average molecular weight is 207 g/mol. The molecule has 0 amide bonds. The Morgan fingerprint density at radius 3 is 3.00 bits per heavy atom. The van der Waals surface area contributed by atoms with E-state index in [1.165, 1.54) is 7.11 Å². The number of hydrogen-bond acceptors (Lipinski definition) is 4. The summed E-state index contributed by atoms with van der Waals surface area (Å²) in [6, 6.07) is 4.88. The van der Waals surface area contributed by atoms with E-state index in [9.17, 15) is 9.90 Å². The summed E-state index contributed by atoms with van der Waals surface area (Å²) < 4.78 is 4.69. The standard InChI is InChI=1S/C11H13NO3/c1-15-11(14)10-7(12)5-6-3-2-4-8(13)9(6)10/h2-4,7,10,13H,5,12H2,1H3. The van der Waals surface area contributed by atoms with Gasteiger partial charge in [0.15, 0.2) is 0 Å². The van der Waals surface area contributed by atoms with Crippen LogP contribution in [0.15, 0.2) is 18.2 Å². The Morgan fingerprint density at radius 2 is 2.33 bits per heavy atom. The molecule has 80 valence electrons. The van der Waals surface area contributed by atoms with Crippen molar-refractivity contribution in [2.45, 2.75) is 18.4 Å². The van der Waals surface area contributed by atoms with Crippen LogP contribution in [0.3, 0.4) is 0 Å². The van der Waals surface area contributed by atoms with Gasteiger partial charge in [0.2, 0.25) is 0 Å². The van der Waals surface area contributed by atoms with Crippen LogP contribution in [0.25, 0.3) is 0 Å². The van der Waals surface area contributed by atoms with Gasteiger partial charge in [-0.2, -0.15) is 0 Å². The molecule has 2 atom stereocenters. The predicted octanol–water partition coefficient (Wildman–Crippen LogP) is 0.532. The van der Waals surface area contributed by atoms with Crippen molar-refractivity contribution in [1.29, 1.82) is 0 Å². The van der Waals surface area contributed by atoms with E-state index in [1.54, 1.807) is 12.1 Å². The zero-order chi connectivity index (χ0) is 11.0.